The van der Waals surface area contributed by atoms with E-state index in [4.69, 9.17) is 10.9 Å². The fourth-order valence-corrected chi connectivity index (χ4v) is 0.292. The van der Waals surface area contributed by atoms with Gasteiger partial charge in [0.1, 0.15) is 0 Å². The lowest BCUT2D eigenvalue weighted by Crippen LogP contribution is -2.25. The third-order valence-corrected chi connectivity index (χ3v) is 0.706. The molecule has 3 heteroatoms. The van der Waals surface area contributed by atoms with Crippen LogP contribution in [0.4, 0.5) is 0 Å². The monoisotopic (exact) mass is 104 g/mol. The summed E-state index contributed by atoms with van der Waals surface area (Å²) in [6.45, 7) is 2.41. The maximum atomic E-state index is 8.59. The number of aliphatic hydroxyl groups excluding tert-OH is 1. The van der Waals surface area contributed by atoms with Crippen molar-refractivity contribution in [1.82, 2.24) is 5.43 Å². The number of hydrogen-bond donors (Lipinski definition) is 3. The van der Waals surface area contributed by atoms with Crippen LogP contribution in [-0.2, 0) is 0 Å². The molecule has 0 aromatic heterocycles. The van der Waals surface area contributed by atoms with Crippen LogP contribution in [0.1, 0.15) is 13.3 Å². The number of hydrazine groups is 1. The van der Waals surface area contributed by atoms with Crippen LogP contribution in [0.2, 0.25) is 0 Å². The Morgan fingerprint density at radius 1 is 1.86 bits per heavy atom. The molecular formula is C4H12N2O. The molecule has 0 rings (SSSR count). The van der Waals surface area contributed by atoms with Gasteiger partial charge in [-0.15, -0.1) is 0 Å². The van der Waals surface area contributed by atoms with Crippen LogP contribution in [0.25, 0.3) is 0 Å². The van der Waals surface area contributed by atoms with E-state index in [1.165, 1.54) is 0 Å². The summed E-state index contributed by atoms with van der Waals surface area (Å²) in [6, 6.07) is 0. The molecule has 0 aliphatic heterocycles. The number of hydrogen-bond acceptors (Lipinski definition) is 3. The van der Waals surface area contributed by atoms with Gasteiger partial charge in [0.25, 0.3) is 0 Å². The zero-order chi connectivity index (χ0) is 5.70. The van der Waals surface area contributed by atoms with E-state index in [9.17, 15) is 0 Å². The molecule has 4 N–H and O–H groups in total. The van der Waals surface area contributed by atoms with Crippen molar-refractivity contribution in [2.45, 2.75) is 19.4 Å². The Labute approximate surface area is 43.5 Å². The molecule has 0 saturated carbocycles. The summed E-state index contributed by atoms with van der Waals surface area (Å²) in [5.41, 5.74) is 2.44. The van der Waals surface area contributed by atoms with Crippen molar-refractivity contribution in [1.29, 1.82) is 0 Å². The minimum Gasteiger partial charge on any atom is -0.393 e. The normalized spacial score (nSPS) is 14.1. The minimum atomic E-state index is -0.240. The van der Waals surface area contributed by atoms with Crippen molar-refractivity contribution in [2.75, 3.05) is 6.54 Å². The molecule has 0 aliphatic rings. The predicted octanol–water partition coefficient (Wildman–Crippen LogP) is -0.779. The average molecular weight is 104 g/mol. The summed E-state index contributed by atoms with van der Waals surface area (Å²) < 4.78 is 0. The first kappa shape index (κ1) is 6.88. The van der Waals surface area contributed by atoms with Crippen LogP contribution in [0, 0.1) is 0 Å². The molecule has 0 fully saturated rings. The lowest BCUT2D eigenvalue weighted by Gasteiger charge is -1.99. The lowest BCUT2D eigenvalue weighted by atomic mass is 10.3. The topological polar surface area (TPSA) is 58.3 Å². The van der Waals surface area contributed by atoms with Crippen molar-refractivity contribution in [3.05, 3.63) is 0 Å². The van der Waals surface area contributed by atoms with Crippen molar-refractivity contribution in [2.24, 2.45) is 5.84 Å². The molecule has 44 valence electrons. The van der Waals surface area contributed by atoms with Crippen molar-refractivity contribution >= 4 is 0 Å². The molecule has 7 heavy (non-hydrogen) atoms. The fourth-order valence-electron chi connectivity index (χ4n) is 0.292. The molecule has 0 unspecified atom stereocenters. The van der Waals surface area contributed by atoms with Gasteiger partial charge in [0.2, 0.25) is 0 Å². The van der Waals surface area contributed by atoms with E-state index in [-0.39, 0.29) is 6.10 Å². The summed E-state index contributed by atoms with van der Waals surface area (Å²) in [7, 11) is 0. The highest BCUT2D eigenvalue weighted by molar-refractivity contribution is 4.45. The fraction of sp³-hybridized carbons (Fsp3) is 1.00. The summed E-state index contributed by atoms with van der Waals surface area (Å²) in [5.74, 6) is 4.92. The van der Waals surface area contributed by atoms with E-state index in [0.717, 1.165) is 6.42 Å². The van der Waals surface area contributed by atoms with Gasteiger partial charge < -0.3 is 5.11 Å². The van der Waals surface area contributed by atoms with Gasteiger partial charge in [-0.3, -0.25) is 11.3 Å². The van der Waals surface area contributed by atoms with Gasteiger partial charge in [-0.1, -0.05) is 0 Å². The number of aliphatic hydroxyl groups is 1. The van der Waals surface area contributed by atoms with Gasteiger partial charge in [-0.2, -0.15) is 0 Å². The van der Waals surface area contributed by atoms with Crippen LogP contribution >= 0.6 is 0 Å². The van der Waals surface area contributed by atoms with E-state index in [1.54, 1.807) is 6.92 Å². The molecular weight excluding hydrogens is 92.1 g/mol. The second-order valence-corrected chi connectivity index (χ2v) is 1.59. The van der Waals surface area contributed by atoms with Crippen molar-refractivity contribution < 1.29 is 5.11 Å². The van der Waals surface area contributed by atoms with Gasteiger partial charge in [0.15, 0.2) is 0 Å². The largest absolute Gasteiger partial charge is 0.393 e. The molecule has 0 bridgehead atoms. The minimum absolute atomic E-state index is 0.240. The Hall–Kier alpha value is -0.120. The SMILES string of the molecule is C[C@@H](O)CCNN. The quantitative estimate of drug-likeness (QED) is 0.325. The maximum Gasteiger partial charge on any atom is 0.0524 e. The molecule has 3 nitrogen and oxygen atoms in total. The van der Waals surface area contributed by atoms with E-state index in [1.807, 2.05) is 0 Å². The summed E-state index contributed by atoms with van der Waals surface area (Å²) >= 11 is 0. The first-order chi connectivity index (χ1) is 3.27. The standard InChI is InChI=1S/C4H12N2O/c1-4(7)2-3-6-5/h4,6-7H,2-3,5H2,1H3/t4-/m1/s1. The molecule has 0 radical (unpaired) electrons. The highest BCUT2D eigenvalue weighted by Gasteiger charge is 1.90. The van der Waals surface area contributed by atoms with Crippen molar-refractivity contribution in [3.8, 4) is 0 Å². The maximum absolute atomic E-state index is 8.59. The Balaban J connectivity index is 2.68. The average Bonchev–Trinajstić information content (AvgIpc) is 1.61. The van der Waals surface area contributed by atoms with E-state index in [0.29, 0.717) is 6.54 Å². The van der Waals surface area contributed by atoms with Crippen LogP contribution in [0.5, 0.6) is 0 Å². The Kier molecular flexibility index (Phi) is 3.98. The molecule has 0 aromatic carbocycles. The Bertz CT molecular complexity index is 38.7. The molecule has 0 saturated heterocycles. The number of nitrogens with two attached hydrogens (primary N) is 1. The zero-order valence-electron chi connectivity index (χ0n) is 4.52. The third kappa shape index (κ3) is 5.88. The summed E-state index contributed by atoms with van der Waals surface area (Å²) in [4.78, 5) is 0. The third-order valence-electron chi connectivity index (χ3n) is 0.706. The second kappa shape index (κ2) is 4.05. The Morgan fingerprint density at radius 2 is 2.43 bits per heavy atom. The number of nitrogens with one attached hydrogen (secondary N) is 1. The van der Waals surface area contributed by atoms with Crippen molar-refractivity contribution in [3.63, 3.8) is 0 Å². The van der Waals surface area contributed by atoms with Crippen LogP contribution in [-0.4, -0.2) is 17.8 Å². The van der Waals surface area contributed by atoms with Crippen LogP contribution < -0.4 is 11.3 Å². The highest BCUT2D eigenvalue weighted by atomic mass is 16.3. The Morgan fingerprint density at radius 3 is 2.57 bits per heavy atom. The molecule has 0 heterocycles. The molecule has 1 atom stereocenters. The first-order valence-electron chi connectivity index (χ1n) is 2.39. The highest BCUT2D eigenvalue weighted by Crippen LogP contribution is 1.83. The van der Waals surface area contributed by atoms with Gasteiger partial charge in [-0.25, -0.2) is 0 Å². The van der Waals surface area contributed by atoms with Gasteiger partial charge in [-0.05, 0) is 13.3 Å². The smallest absolute Gasteiger partial charge is 0.0524 e. The first-order valence-corrected chi connectivity index (χ1v) is 2.39. The molecule has 0 amide bonds. The van der Waals surface area contributed by atoms with E-state index < -0.39 is 0 Å². The molecule has 0 aromatic rings. The summed E-state index contributed by atoms with van der Waals surface area (Å²) in [5, 5.41) is 8.59. The lowest BCUT2D eigenvalue weighted by molar-refractivity contribution is 0.184. The van der Waals surface area contributed by atoms with Gasteiger partial charge >= 0.3 is 0 Å². The second-order valence-electron chi connectivity index (χ2n) is 1.59. The molecule has 0 aliphatic carbocycles. The van der Waals surface area contributed by atoms with E-state index >= 15 is 0 Å². The predicted molar refractivity (Wildman–Crippen MR) is 28.5 cm³/mol. The van der Waals surface area contributed by atoms with Crippen LogP contribution in [0.15, 0.2) is 0 Å². The van der Waals surface area contributed by atoms with Crippen LogP contribution in [0.3, 0.4) is 0 Å². The zero-order valence-corrected chi connectivity index (χ0v) is 4.52. The van der Waals surface area contributed by atoms with Gasteiger partial charge in [0, 0.05) is 6.54 Å². The summed E-state index contributed by atoms with van der Waals surface area (Å²) in [6.07, 6.45) is 0.479. The van der Waals surface area contributed by atoms with E-state index in [2.05, 4.69) is 5.43 Å². The number of rotatable bonds is 3. The van der Waals surface area contributed by atoms with Gasteiger partial charge in [0.05, 0.1) is 6.10 Å². The molecule has 0 spiro atoms.